The van der Waals surface area contributed by atoms with Gasteiger partial charge in [0.15, 0.2) is 0 Å². The van der Waals surface area contributed by atoms with Gasteiger partial charge in [-0.2, -0.15) is 0 Å². The zero-order chi connectivity index (χ0) is 17.9. The zero-order valence-corrected chi connectivity index (χ0v) is 15.8. The highest BCUT2D eigenvalue weighted by molar-refractivity contribution is 9.10. The van der Waals surface area contributed by atoms with Crippen LogP contribution < -0.4 is 0 Å². The highest BCUT2D eigenvalue weighted by Gasteiger charge is 2.19. The minimum atomic E-state index is -0.489. The molecule has 2 aromatic rings. The van der Waals surface area contributed by atoms with Crippen LogP contribution in [0.1, 0.15) is 43.2 Å². The summed E-state index contributed by atoms with van der Waals surface area (Å²) in [4.78, 5) is 9.79. The van der Waals surface area contributed by atoms with Crippen molar-refractivity contribution in [3.05, 3.63) is 57.3 Å². The smallest absolute Gasteiger partial charge is 0.149 e. The number of oxime groups is 1. The predicted octanol–water partition coefficient (Wildman–Crippen LogP) is 3.92. The van der Waals surface area contributed by atoms with Crippen LogP contribution in [-0.4, -0.2) is 26.5 Å². The van der Waals surface area contributed by atoms with Crippen LogP contribution in [0, 0.1) is 6.92 Å². The maximum atomic E-state index is 10.4. The lowest BCUT2D eigenvalue weighted by Crippen LogP contribution is -2.18. The average molecular weight is 393 g/mol. The van der Waals surface area contributed by atoms with Crippen LogP contribution in [0.25, 0.3) is 0 Å². The number of aromatic hydroxyl groups is 1. The highest BCUT2D eigenvalue weighted by atomic mass is 79.9. The Morgan fingerprint density at radius 2 is 2.00 bits per heavy atom. The number of aromatic nitrogens is 1. The van der Waals surface area contributed by atoms with Crippen LogP contribution in [0.2, 0.25) is 0 Å². The van der Waals surface area contributed by atoms with Crippen molar-refractivity contribution >= 4 is 21.6 Å². The van der Waals surface area contributed by atoms with Gasteiger partial charge in [0.2, 0.25) is 0 Å². The molecule has 0 amide bonds. The molecule has 2 N–H and O–H groups in total. The van der Waals surface area contributed by atoms with Crippen molar-refractivity contribution in [1.29, 1.82) is 0 Å². The molecule has 2 rings (SSSR count). The number of aliphatic hydroxyl groups excluding tert-OH is 1. The number of aliphatic hydroxyl groups is 1. The van der Waals surface area contributed by atoms with Crippen molar-refractivity contribution in [1.82, 2.24) is 4.98 Å². The van der Waals surface area contributed by atoms with Gasteiger partial charge in [-0.1, -0.05) is 33.2 Å². The van der Waals surface area contributed by atoms with Gasteiger partial charge in [0, 0.05) is 21.8 Å². The zero-order valence-electron chi connectivity index (χ0n) is 14.2. The third kappa shape index (κ3) is 4.33. The van der Waals surface area contributed by atoms with Gasteiger partial charge in [0.1, 0.15) is 22.8 Å². The Labute approximate surface area is 150 Å². The number of pyridine rings is 1. The van der Waals surface area contributed by atoms with E-state index in [1.165, 1.54) is 6.20 Å². The van der Waals surface area contributed by atoms with Gasteiger partial charge < -0.3 is 15.1 Å². The van der Waals surface area contributed by atoms with E-state index in [1.54, 1.807) is 6.07 Å². The van der Waals surface area contributed by atoms with Crippen LogP contribution >= 0.6 is 15.9 Å². The standard InChI is InChI=1S/C18H21BrN2O3/c1-11-5-6-12(9-14(11)19)15(21-24-18(2,3)4)16-17(23)13(10-22)7-8-20-16/h5-9,22-23H,10H2,1-4H3/b21-15+. The Hall–Kier alpha value is -1.92. The first-order valence-electron chi connectivity index (χ1n) is 7.53. The van der Waals surface area contributed by atoms with E-state index in [0.29, 0.717) is 11.3 Å². The maximum absolute atomic E-state index is 10.4. The fraction of sp³-hybridized carbons (Fsp3) is 0.333. The number of halogens is 1. The maximum Gasteiger partial charge on any atom is 0.149 e. The monoisotopic (exact) mass is 392 g/mol. The normalized spacial score (nSPS) is 12.3. The van der Waals surface area contributed by atoms with E-state index in [0.717, 1.165) is 15.6 Å². The number of hydrogen-bond acceptors (Lipinski definition) is 5. The van der Waals surface area contributed by atoms with Gasteiger partial charge in [-0.15, -0.1) is 0 Å². The van der Waals surface area contributed by atoms with Gasteiger partial charge >= 0.3 is 0 Å². The number of hydrogen-bond donors (Lipinski definition) is 2. The topological polar surface area (TPSA) is 74.9 Å². The van der Waals surface area contributed by atoms with Gasteiger partial charge in [-0.25, -0.2) is 0 Å². The molecule has 0 radical (unpaired) electrons. The number of nitrogens with zero attached hydrogens (tertiary/aromatic N) is 2. The minimum Gasteiger partial charge on any atom is -0.505 e. The summed E-state index contributed by atoms with van der Waals surface area (Å²) >= 11 is 3.51. The molecule has 0 atom stereocenters. The van der Waals surface area contributed by atoms with Crippen molar-refractivity contribution in [2.45, 2.75) is 39.9 Å². The molecule has 0 aliphatic heterocycles. The summed E-state index contributed by atoms with van der Waals surface area (Å²) < 4.78 is 0.918. The van der Waals surface area contributed by atoms with Crippen LogP contribution in [-0.2, 0) is 11.4 Å². The van der Waals surface area contributed by atoms with E-state index in [4.69, 9.17) is 4.84 Å². The van der Waals surface area contributed by atoms with Crippen LogP contribution in [0.4, 0.5) is 0 Å². The van der Waals surface area contributed by atoms with Gasteiger partial charge in [0.25, 0.3) is 0 Å². The Bertz CT molecular complexity index is 767. The predicted molar refractivity (Wildman–Crippen MR) is 97.2 cm³/mol. The lowest BCUT2D eigenvalue weighted by molar-refractivity contribution is 0.00111. The molecule has 0 spiro atoms. The van der Waals surface area contributed by atoms with E-state index >= 15 is 0 Å². The molecule has 0 fully saturated rings. The van der Waals surface area contributed by atoms with Gasteiger partial charge in [0.05, 0.1) is 6.61 Å². The largest absolute Gasteiger partial charge is 0.505 e. The Morgan fingerprint density at radius 1 is 1.29 bits per heavy atom. The quantitative estimate of drug-likeness (QED) is 0.610. The molecule has 1 heterocycles. The molecule has 0 bridgehead atoms. The molecular weight excluding hydrogens is 372 g/mol. The van der Waals surface area contributed by atoms with Crippen molar-refractivity contribution < 1.29 is 15.1 Å². The Morgan fingerprint density at radius 3 is 2.58 bits per heavy atom. The van der Waals surface area contributed by atoms with E-state index in [9.17, 15) is 10.2 Å². The first kappa shape index (κ1) is 18.4. The summed E-state index contributed by atoms with van der Waals surface area (Å²) in [6, 6.07) is 7.29. The summed E-state index contributed by atoms with van der Waals surface area (Å²) in [5, 5.41) is 24.0. The molecule has 0 saturated carbocycles. The van der Waals surface area contributed by atoms with Crippen molar-refractivity contribution in [3.63, 3.8) is 0 Å². The summed E-state index contributed by atoms with van der Waals surface area (Å²) in [5.74, 6) is -0.104. The van der Waals surface area contributed by atoms with E-state index in [2.05, 4.69) is 26.1 Å². The van der Waals surface area contributed by atoms with Crippen molar-refractivity contribution in [2.75, 3.05) is 0 Å². The third-order valence-electron chi connectivity index (χ3n) is 3.26. The molecule has 5 nitrogen and oxygen atoms in total. The minimum absolute atomic E-state index is 0.104. The fourth-order valence-electron chi connectivity index (χ4n) is 1.95. The van der Waals surface area contributed by atoms with Crippen molar-refractivity contribution in [3.8, 4) is 5.75 Å². The van der Waals surface area contributed by atoms with E-state index in [1.807, 2.05) is 45.9 Å². The summed E-state index contributed by atoms with van der Waals surface area (Å²) in [7, 11) is 0. The molecule has 0 unspecified atom stereocenters. The molecule has 24 heavy (non-hydrogen) atoms. The van der Waals surface area contributed by atoms with Crippen LogP contribution in [0.3, 0.4) is 0 Å². The van der Waals surface area contributed by atoms with Crippen LogP contribution in [0.5, 0.6) is 5.75 Å². The molecule has 6 heteroatoms. The number of aryl methyl sites for hydroxylation is 1. The van der Waals surface area contributed by atoms with Gasteiger partial charge in [-0.3, -0.25) is 4.98 Å². The van der Waals surface area contributed by atoms with Gasteiger partial charge in [-0.05, 0) is 45.4 Å². The summed E-state index contributed by atoms with van der Waals surface area (Å²) in [6.45, 7) is 7.36. The van der Waals surface area contributed by atoms with E-state index < -0.39 is 5.60 Å². The first-order valence-corrected chi connectivity index (χ1v) is 8.33. The Kier molecular flexibility index (Phi) is 5.62. The molecule has 0 saturated heterocycles. The lowest BCUT2D eigenvalue weighted by Gasteiger charge is -2.18. The van der Waals surface area contributed by atoms with Crippen molar-refractivity contribution in [2.24, 2.45) is 5.16 Å². The lowest BCUT2D eigenvalue weighted by atomic mass is 10.0. The summed E-state index contributed by atoms with van der Waals surface area (Å²) in [6.07, 6.45) is 1.52. The fourth-order valence-corrected chi connectivity index (χ4v) is 2.33. The number of rotatable bonds is 4. The van der Waals surface area contributed by atoms with Crippen LogP contribution in [0.15, 0.2) is 40.1 Å². The summed E-state index contributed by atoms with van der Waals surface area (Å²) in [5.41, 5.74) is 2.39. The highest BCUT2D eigenvalue weighted by Crippen LogP contribution is 2.26. The average Bonchev–Trinajstić information content (AvgIpc) is 2.51. The second-order valence-corrected chi connectivity index (χ2v) is 7.29. The molecule has 1 aromatic carbocycles. The molecular formula is C18H21BrN2O3. The molecule has 1 aromatic heterocycles. The second kappa shape index (κ2) is 7.32. The molecule has 0 aliphatic rings. The third-order valence-corrected chi connectivity index (χ3v) is 4.11. The first-order chi connectivity index (χ1) is 11.2. The SMILES string of the molecule is Cc1ccc(/C(=N\OC(C)(C)C)c2nccc(CO)c2O)cc1Br. The second-order valence-electron chi connectivity index (χ2n) is 6.43. The number of benzene rings is 1. The Balaban J connectivity index is 2.61. The van der Waals surface area contributed by atoms with E-state index in [-0.39, 0.29) is 18.1 Å². The molecule has 128 valence electrons. The molecule has 0 aliphatic carbocycles.